The van der Waals surface area contributed by atoms with E-state index in [9.17, 15) is 14.0 Å². The first-order chi connectivity index (χ1) is 8.15. The summed E-state index contributed by atoms with van der Waals surface area (Å²) in [7, 11) is 0. The van der Waals surface area contributed by atoms with Crippen molar-refractivity contribution < 1.29 is 18.7 Å². The molecule has 0 saturated carbocycles. The van der Waals surface area contributed by atoms with E-state index < -0.39 is 17.6 Å². The number of imide groups is 1. The number of hydrogen-bond donors (Lipinski definition) is 0. The van der Waals surface area contributed by atoms with Crippen LogP contribution in [0.2, 0.25) is 0 Å². The minimum Gasteiger partial charge on any atom is -0.362 e. The van der Waals surface area contributed by atoms with Crippen molar-refractivity contribution in [2.45, 2.75) is 0 Å². The quantitative estimate of drug-likeness (QED) is 0.666. The second kappa shape index (κ2) is 4.31. The fourth-order valence-corrected chi connectivity index (χ4v) is 1.57. The second-order valence-corrected chi connectivity index (χ2v) is 3.36. The van der Waals surface area contributed by atoms with E-state index in [4.69, 9.17) is 10.00 Å². The number of ether oxygens (including phenoxy) is 1. The molecule has 0 bridgehead atoms. The molecule has 0 spiro atoms. The fraction of sp³-hybridized carbons (Fsp3) is 0.182. The van der Waals surface area contributed by atoms with Gasteiger partial charge in [0.2, 0.25) is 0 Å². The van der Waals surface area contributed by atoms with Crippen molar-refractivity contribution in [3.8, 4) is 6.07 Å². The van der Waals surface area contributed by atoms with Crippen LogP contribution in [0.15, 0.2) is 18.2 Å². The normalized spacial score (nSPS) is 15.9. The summed E-state index contributed by atoms with van der Waals surface area (Å²) >= 11 is 0. The average molecular weight is 234 g/mol. The number of nitrogens with zero attached hydrogens (tertiary/aromatic N) is 2. The van der Waals surface area contributed by atoms with Crippen molar-refractivity contribution in [3.63, 3.8) is 0 Å². The molecule has 0 aliphatic carbocycles. The molecular weight excluding hydrogens is 227 g/mol. The Labute approximate surface area is 96.0 Å². The highest BCUT2D eigenvalue weighted by atomic mass is 19.1. The highest BCUT2D eigenvalue weighted by Crippen LogP contribution is 2.24. The predicted octanol–water partition coefficient (Wildman–Crippen LogP) is 0.587. The van der Waals surface area contributed by atoms with Gasteiger partial charge in [0.05, 0.1) is 5.69 Å². The predicted molar refractivity (Wildman–Crippen MR) is 54.4 cm³/mol. The summed E-state index contributed by atoms with van der Waals surface area (Å²) < 4.78 is 18.1. The summed E-state index contributed by atoms with van der Waals surface area (Å²) in [5.74, 6) is -1.98. The molecule has 17 heavy (non-hydrogen) atoms. The number of morpholine rings is 1. The minimum atomic E-state index is -0.767. The van der Waals surface area contributed by atoms with E-state index >= 15 is 0 Å². The van der Waals surface area contributed by atoms with Gasteiger partial charge in [0.1, 0.15) is 30.7 Å². The van der Waals surface area contributed by atoms with E-state index in [1.54, 1.807) is 6.07 Å². The van der Waals surface area contributed by atoms with Crippen molar-refractivity contribution in [2.24, 2.45) is 0 Å². The Bertz CT molecular complexity index is 520. The van der Waals surface area contributed by atoms with Gasteiger partial charge in [0.25, 0.3) is 11.8 Å². The summed E-state index contributed by atoms with van der Waals surface area (Å²) in [4.78, 5) is 23.8. The van der Waals surface area contributed by atoms with E-state index in [0.717, 1.165) is 11.0 Å². The number of rotatable bonds is 1. The molecule has 0 N–H and O–H groups in total. The lowest BCUT2D eigenvalue weighted by Crippen LogP contribution is -2.46. The Morgan fingerprint density at radius 2 is 1.94 bits per heavy atom. The molecule has 1 fully saturated rings. The number of nitriles is 1. The molecule has 86 valence electrons. The van der Waals surface area contributed by atoms with Crippen molar-refractivity contribution in [3.05, 3.63) is 29.6 Å². The van der Waals surface area contributed by atoms with Gasteiger partial charge in [-0.2, -0.15) is 5.26 Å². The lowest BCUT2D eigenvalue weighted by atomic mass is 10.1. The number of carbonyl (C=O) groups excluding carboxylic acids is 2. The van der Waals surface area contributed by atoms with Crippen molar-refractivity contribution in [1.29, 1.82) is 5.26 Å². The number of carbonyl (C=O) groups is 2. The standard InChI is InChI=1S/C11H7FN2O3/c12-8-2-1-3-9(7(8)4-13)14-10(15)5-17-6-11(14)16/h1-3H,5-6H2. The maximum absolute atomic E-state index is 13.4. The number of halogens is 1. The van der Waals surface area contributed by atoms with E-state index in [-0.39, 0.29) is 24.5 Å². The van der Waals surface area contributed by atoms with E-state index in [1.165, 1.54) is 12.1 Å². The van der Waals surface area contributed by atoms with Crippen LogP contribution in [0.25, 0.3) is 0 Å². The van der Waals surface area contributed by atoms with Crippen molar-refractivity contribution >= 4 is 17.5 Å². The van der Waals surface area contributed by atoms with Gasteiger partial charge < -0.3 is 4.74 Å². The molecule has 0 unspecified atom stereocenters. The zero-order valence-corrected chi connectivity index (χ0v) is 8.64. The van der Waals surface area contributed by atoms with E-state index in [2.05, 4.69) is 0 Å². The van der Waals surface area contributed by atoms with Gasteiger partial charge in [-0.1, -0.05) is 6.07 Å². The van der Waals surface area contributed by atoms with Gasteiger partial charge in [-0.05, 0) is 12.1 Å². The second-order valence-electron chi connectivity index (χ2n) is 3.36. The van der Waals surface area contributed by atoms with E-state index in [0.29, 0.717) is 0 Å². The molecule has 1 aliphatic heterocycles. The topological polar surface area (TPSA) is 70.4 Å². The van der Waals surface area contributed by atoms with Crippen LogP contribution in [0.4, 0.5) is 10.1 Å². The Hall–Kier alpha value is -2.26. The summed E-state index contributed by atoms with van der Waals surface area (Å²) in [6, 6.07) is 5.42. The van der Waals surface area contributed by atoms with Crippen LogP contribution in [-0.2, 0) is 14.3 Å². The molecule has 2 rings (SSSR count). The first-order valence-electron chi connectivity index (χ1n) is 4.77. The molecule has 1 saturated heterocycles. The fourth-order valence-electron chi connectivity index (χ4n) is 1.57. The molecule has 0 atom stereocenters. The monoisotopic (exact) mass is 234 g/mol. The Balaban J connectivity index is 2.53. The zero-order chi connectivity index (χ0) is 12.4. The first kappa shape index (κ1) is 11.2. The Kier molecular flexibility index (Phi) is 2.85. The maximum Gasteiger partial charge on any atom is 0.259 e. The molecule has 1 aromatic carbocycles. The summed E-state index contributed by atoms with van der Waals surface area (Å²) in [5.41, 5.74) is -0.359. The summed E-state index contributed by atoms with van der Waals surface area (Å²) in [5, 5.41) is 8.83. The average Bonchev–Trinajstić information content (AvgIpc) is 2.29. The molecule has 0 radical (unpaired) electrons. The van der Waals surface area contributed by atoms with Crippen molar-refractivity contribution in [2.75, 3.05) is 18.1 Å². The highest BCUT2D eigenvalue weighted by molar-refractivity contribution is 6.17. The zero-order valence-electron chi connectivity index (χ0n) is 8.64. The van der Waals surface area contributed by atoms with Crippen molar-refractivity contribution in [1.82, 2.24) is 0 Å². The van der Waals surface area contributed by atoms with Crippen LogP contribution in [0, 0.1) is 17.1 Å². The van der Waals surface area contributed by atoms with Crippen LogP contribution in [0.1, 0.15) is 5.56 Å². The molecule has 0 aromatic heterocycles. The maximum atomic E-state index is 13.4. The summed E-state index contributed by atoms with van der Waals surface area (Å²) in [6.45, 7) is -0.514. The van der Waals surface area contributed by atoms with Crippen LogP contribution in [-0.4, -0.2) is 25.0 Å². The van der Waals surface area contributed by atoms with Gasteiger partial charge in [-0.25, -0.2) is 9.29 Å². The number of benzene rings is 1. The smallest absolute Gasteiger partial charge is 0.259 e. The van der Waals surface area contributed by atoms with Gasteiger partial charge in [0, 0.05) is 0 Å². The number of anilines is 1. The molecule has 1 heterocycles. The number of amides is 2. The minimum absolute atomic E-state index is 0.0363. The van der Waals surface area contributed by atoms with Crippen LogP contribution >= 0.6 is 0 Å². The highest BCUT2D eigenvalue weighted by Gasteiger charge is 2.30. The van der Waals surface area contributed by atoms with Gasteiger partial charge in [-0.3, -0.25) is 9.59 Å². The molecule has 6 heteroatoms. The van der Waals surface area contributed by atoms with Gasteiger partial charge in [0.15, 0.2) is 0 Å². The Morgan fingerprint density at radius 1 is 1.29 bits per heavy atom. The molecule has 1 aromatic rings. The third kappa shape index (κ3) is 1.88. The molecule has 2 amide bonds. The van der Waals surface area contributed by atoms with Gasteiger partial charge in [-0.15, -0.1) is 0 Å². The largest absolute Gasteiger partial charge is 0.362 e. The lowest BCUT2D eigenvalue weighted by molar-refractivity contribution is -0.138. The van der Waals surface area contributed by atoms with Crippen LogP contribution in [0.3, 0.4) is 0 Å². The van der Waals surface area contributed by atoms with Crippen LogP contribution in [0.5, 0.6) is 0 Å². The Morgan fingerprint density at radius 3 is 2.53 bits per heavy atom. The van der Waals surface area contributed by atoms with E-state index in [1.807, 2.05) is 0 Å². The molecule has 1 aliphatic rings. The first-order valence-corrected chi connectivity index (χ1v) is 4.77. The SMILES string of the molecule is N#Cc1c(F)cccc1N1C(=O)COCC1=O. The molecular formula is C11H7FN2O3. The van der Waals surface area contributed by atoms with Crippen LogP contribution < -0.4 is 4.90 Å². The number of hydrogen-bond acceptors (Lipinski definition) is 4. The third-order valence-corrected chi connectivity index (χ3v) is 2.29. The molecule has 5 nitrogen and oxygen atoms in total. The van der Waals surface area contributed by atoms with Gasteiger partial charge >= 0.3 is 0 Å². The summed E-state index contributed by atoms with van der Waals surface area (Å²) in [6.07, 6.45) is 0. The lowest BCUT2D eigenvalue weighted by Gasteiger charge is -2.25. The third-order valence-electron chi connectivity index (χ3n) is 2.29.